The molecule has 4 heteroatoms. The van der Waals surface area contributed by atoms with Gasteiger partial charge in [0.1, 0.15) is 5.75 Å². The number of hydrogen-bond acceptors (Lipinski definition) is 4. The van der Waals surface area contributed by atoms with Crippen molar-refractivity contribution in [1.82, 2.24) is 9.88 Å². The monoisotopic (exact) mass is 324 g/mol. The molecule has 0 radical (unpaired) electrons. The van der Waals surface area contributed by atoms with Gasteiger partial charge >= 0.3 is 0 Å². The van der Waals surface area contributed by atoms with E-state index in [1.54, 1.807) is 7.11 Å². The Hall–Kier alpha value is -1.91. The predicted molar refractivity (Wildman–Crippen MR) is 95.0 cm³/mol. The summed E-state index contributed by atoms with van der Waals surface area (Å²) in [6, 6.07) is 8.06. The summed E-state index contributed by atoms with van der Waals surface area (Å²) in [5.74, 6) is 2.03. The predicted octanol–water partition coefficient (Wildman–Crippen LogP) is 3.17. The maximum absolute atomic E-state index is 11.0. The number of piperidine rings is 3. The van der Waals surface area contributed by atoms with Crippen molar-refractivity contribution >= 4 is 10.9 Å². The molecule has 0 amide bonds. The normalized spacial score (nSPS) is 30.2. The number of rotatable bonds is 4. The van der Waals surface area contributed by atoms with E-state index in [1.165, 1.54) is 6.42 Å². The van der Waals surface area contributed by atoms with Crippen molar-refractivity contribution in [2.75, 3.05) is 20.2 Å². The number of hydrogen-bond donors (Lipinski definition) is 1. The number of aliphatic hydroxyl groups is 1. The van der Waals surface area contributed by atoms with Crippen LogP contribution in [0.3, 0.4) is 0 Å². The summed E-state index contributed by atoms with van der Waals surface area (Å²) in [7, 11) is 1.66. The highest BCUT2D eigenvalue weighted by molar-refractivity contribution is 5.80. The van der Waals surface area contributed by atoms with Gasteiger partial charge in [-0.15, -0.1) is 6.58 Å². The van der Waals surface area contributed by atoms with Crippen LogP contribution >= 0.6 is 0 Å². The first-order valence-electron chi connectivity index (χ1n) is 8.68. The summed E-state index contributed by atoms with van der Waals surface area (Å²) < 4.78 is 5.30. The molecule has 3 saturated heterocycles. The van der Waals surface area contributed by atoms with Crippen molar-refractivity contribution in [3.05, 3.63) is 48.7 Å². The van der Waals surface area contributed by atoms with Gasteiger partial charge in [0.25, 0.3) is 0 Å². The number of ether oxygens (including phenoxy) is 1. The fourth-order valence-corrected chi connectivity index (χ4v) is 4.34. The molecular weight excluding hydrogens is 300 g/mol. The van der Waals surface area contributed by atoms with Gasteiger partial charge in [-0.3, -0.25) is 9.88 Å². The highest BCUT2D eigenvalue weighted by Gasteiger charge is 2.42. The topological polar surface area (TPSA) is 45.6 Å². The summed E-state index contributed by atoms with van der Waals surface area (Å²) in [6.07, 6.45) is 5.65. The van der Waals surface area contributed by atoms with Crippen LogP contribution in [0.15, 0.2) is 43.1 Å². The van der Waals surface area contributed by atoms with Crippen molar-refractivity contribution in [2.24, 2.45) is 11.8 Å². The lowest BCUT2D eigenvalue weighted by Crippen LogP contribution is -2.54. The fourth-order valence-electron chi connectivity index (χ4n) is 4.34. The minimum atomic E-state index is -0.498. The van der Waals surface area contributed by atoms with E-state index >= 15 is 0 Å². The van der Waals surface area contributed by atoms with Crippen LogP contribution in [-0.2, 0) is 0 Å². The second kappa shape index (κ2) is 6.19. The zero-order valence-electron chi connectivity index (χ0n) is 14.1. The number of pyridine rings is 1. The molecule has 24 heavy (non-hydrogen) atoms. The maximum atomic E-state index is 11.0. The number of methoxy groups -OCH3 is 1. The Morgan fingerprint density at radius 3 is 3.00 bits per heavy atom. The third-order valence-electron chi connectivity index (χ3n) is 5.77. The molecule has 4 nitrogen and oxygen atoms in total. The van der Waals surface area contributed by atoms with Gasteiger partial charge in [-0.2, -0.15) is 0 Å². The molecule has 0 spiro atoms. The van der Waals surface area contributed by atoms with Crippen LogP contribution in [0.25, 0.3) is 10.9 Å². The number of benzene rings is 1. The lowest BCUT2D eigenvalue weighted by Gasteiger charge is -2.50. The molecule has 5 rings (SSSR count). The molecule has 3 aliphatic heterocycles. The van der Waals surface area contributed by atoms with E-state index in [0.29, 0.717) is 11.8 Å². The second-order valence-corrected chi connectivity index (χ2v) is 7.02. The largest absolute Gasteiger partial charge is 0.497 e. The maximum Gasteiger partial charge on any atom is 0.119 e. The van der Waals surface area contributed by atoms with E-state index in [0.717, 1.165) is 41.7 Å². The van der Waals surface area contributed by atoms with Crippen LogP contribution in [-0.4, -0.2) is 41.2 Å². The molecule has 1 aromatic heterocycles. The van der Waals surface area contributed by atoms with E-state index < -0.39 is 6.10 Å². The van der Waals surface area contributed by atoms with E-state index in [2.05, 4.69) is 22.5 Å². The van der Waals surface area contributed by atoms with E-state index in [4.69, 9.17) is 4.74 Å². The van der Waals surface area contributed by atoms with E-state index in [9.17, 15) is 5.11 Å². The first-order valence-corrected chi connectivity index (χ1v) is 8.68. The Labute approximate surface area is 142 Å². The summed E-state index contributed by atoms with van der Waals surface area (Å²) in [5, 5.41) is 12.0. The third kappa shape index (κ3) is 2.60. The SMILES string of the molecule is C=C[C@H]1CN2CC[C@H]1C[C@H]2[C@@H](O)c1cnc2ccc(OC)cc2c1. The average molecular weight is 324 g/mol. The number of fused-ring (bicyclic) bond motifs is 4. The van der Waals surface area contributed by atoms with Crippen LogP contribution in [0.5, 0.6) is 5.75 Å². The third-order valence-corrected chi connectivity index (χ3v) is 5.77. The number of nitrogens with zero attached hydrogens (tertiary/aromatic N) is 2. The van der Waals surface area contributed by atoms with Crippen LogP contribution in [0, 0.1) is 11.8 Å². The average Bonchev–Trinajstić information content (AvgIpc) is 2.66. The molecule has 3 aliphatic rings. The van der Waals surface area contributed by atoms with E-state index in [1.807, 2.05) is 30.5 Å². The van der Waals surface area contributed by atoms with Crippen molar-refractivity contribution < 1.29 is 9.84 Å². The summed E-state index contributed by atoms with van der Waals surface area (Å²) >= 11 is 0. The lowest BCUT2D eigenvalue weighted by molar-refractivity contribution is -0.0449. The molecule has 126 valence electrons. The summed E-state index contributed by atoms with van der Waals surface area (Å²) in [4.78, 5) is 6.94. The van der Waals surface area contributed by atoms with Gasteiger partial charge in [-0.05, 0) is 55.5 Å². The minimum Gasteiger partial charge on any atom is -0.497 e. The highest BCUT2D eigenvalue weighted by atomic mass is 16.5. The summed E-state index contributed by atoms with van der Waals surface area (Å²) in [5.41, 5.74) is 1.81. The molecule has 1 N–H and O–H groups in total. The number of aliphatic hydroxyl groups excluding tert-OH is 1. The Morgan fingerprint density at radius 1 is 1.42 bits per heavy atom. The first-order chi connectivity index (χ1) is 11.7. The van der Waals surface area contributed by atoms with Gasteiger partial charge in [0.05, 0.1) is 18.7 Å². The molecule has 4 heterocycles. The zero-order chi connectivity index (χ0) is 16.7. The second-order valence-electron chi connectivity index (χ2n) is 7.02. The Morgan fingerprint density at radius 2 is 2.29 bits per heavy atom. The molecule has 0 aliphatic carbocycles. The Bertz CT molecular complexity index is 760. The van der Waals surface area contributed by atoms with Crippen LogP contribution in [0.1, 0.15) is 24.5 Å². The van der Waals surface area contributed by atoms with E-state index in [-0.39, 0.29) is 6.04 Å². The number of aromatic nitrogens is 1. The zero-order valence-corrected chi connectivity index (χ0v) is 14.1. The van der Waals surface area contributed by atoms with Gasteiger partial charge in [0.15, 0.2) is 0 Å². The Balaban J connectivity index is 1.61. The molecule has 1 unspecified atom stereocenters. The van der Waals surface area contributed by atoms with Crippen LogP contribution < -0.4 is 4.74 Å². The van der Waals surface area contributed by atoms with Gasteiger partial charge in [0.2, 0.25) is 0 Å². The quantitative estimate of drug-likeness (QED) is 0.878. The van der Waals surface area contributed by atoms with Crippen molar-refractivity contribution in [1.29, 1.82) is 0 Å². The molecule has 2 bridgehead atoms. The highest BCUT2D eigenvalue weighted by Crippen LogP contribution is 2.41. The standard InChI is InChI=1S/C20H24N2O2/c1-3-13-12-22-7-6-14(13)10-19(22)20(23)16-8-15-9-17(24-2)4-5-18(15)21-11-16/h3-5,8-9,11,13-14,19-20,23H,1,6-7,10,12H2,2H3/t13-,14-,19-,20-/m0/s1. The molecule has 3 fully saturated rings. The fraction of sp³-hybridized carbons (Fsp3) is 0.450. The van der Waals surface area contributed by atoms with Crippen molar-refractivity contribution in [2.45, 2.75) is 25.0 Å². The first kappa shape index (κ1) is 15.6. The molecular formula is C20H24N2O2. The van der Waals surface area contributed by atoms with Crippen LogP contribution in [0.4, 0.5) is 0 Å². The summed E-state index contributed by atoms with van der Waals surface area (Å²) in [6.45, 7) is 6.06. The van der Waals surface area contributed by atoms with Gasteiger partial charge in [0, 0.05) is 29.7 Å². The Kier molecular flexibility index (Phi) is 4.02. The molecule has 5 atom stereocenters. The molecule has 0 saturated carbocycles. The van der Waals surface area contributed by atoms with Crippen LogP contribution in [0.2, 0.25) is 0 Å². The minimum absolute atomic E-state index is 0.185. The lowest BCUT2D eigenvalue weighted by atomic mass is 9.74. The van der Waals surface area contributed by atoms with Gasteiger partial charge in [-0.25, -0.2) is 0 Å². The van der Waals surface area contributed by atoms with Crippen molar-refractivity contribution in [3.8, 4) is 5.75 Å². The molecule has 2 aromatic rings. The van der Waals surface area contributed by atoms with Gasteiger partial charge < -0.3 is 9.84 Å². The smallest absolute Gasteiger partial charge is 0.119 e. The van der Waals surface area contributed by atoms with Crippen molar-refractivity contribution in [3.63, 3.8) is 0 Å². The van der Waals surface area contributed by atoms with Gasteiger partial charge in [-0.1, -0.05) is 6.08 Å². The molecule has 1 aromatic carbocycles.